The van der Waals surface area contributed by atoms with Crippen LogP contribution in [0.3, 0.4) is 0 Å². The lowest BCUT2D eigenvalue weighted by Gasteiger charge is -2.11. The Morgan fingerprint density at radius 1 is 1.09 bits per heavy atom. The van der Waals surface area contributed by atoms with Gasteiger partial charge in [-0.15, -0.1) is 0 Å². The van der Waals surface area contributed by atoms with Gasteiger partial charge in [0.15, 0.2) is 0 Å². The molecule has 0 heterocycles. The van der Waals surface area contributed by atoms with Gasteiger partial charge in [-0.05, 0) is 35.9 Å². The molecule has 0 aliphatic carbocycles. The van der Waals surface area contributed by atoms with E-state index in [1.165, 1.54) is 0 Å². The van der Waals surface area contributed by atoms with Crippen molar-refractivity contribution in [1.29, 1.82) is 5.26 Å². The number of nitriles is 1. The summed E-state index contributed by atoms with van der Waals surface area (Å²) >= 11 is 3.32. The normalized spacial score (nSPS) is 9.74. The quantitative estimate of drug-likeness (QED) is 0.846. The Labute approximate surface area is 142 Å². The molecule has 2 amide bonds. The second kappa shape index (κ2) is 8.11. The van der Waals surface area contributed by atoms with Crippen molar-refractivity contribution in [2.24, 2.45) is 0 Å². The number of halogens is 1. The monoisotopic (exact) mass is 371 g/mol. The molecule has 116 valence electrons. The Kier molecular flexibility index (Phi) is 5.89. The van der Waals surface area contributed by atoms with E-state index in [1.54, 1.807) is 42.5 Å². The van der Waals surface area contributed by atoms with Crippen molar-refractivity contribution in [2.45, 2.75) is 13.0 Å². The topological polar surface area (TPSA) is 82.0 Å². The van der Waals surface area contributed by atoms with E-state index in [1.807, 2.05) is 12.1 Å². The third-order valence-corrected chi connectivity index (χ3v) is 3.61. The zero-order valence-electron chi connectivity index (χ0n) is 12.2. The standard InChI is InChI=1S/C17H14BrN3O2/c18-14-7-5-12(6-8-14)17(23)20-11-13-3-1-2-4-15(13)21-16(22)9-10-19/h1-8H,9,11H2,(H,20,23)(H,21,22). The molecule has 0 unspecified atom stereocenters. The van der Waals surface area contributed by atoms with Crippen LogP contribution in [0, 0.1) is 11.3 Å². The Morgan fingerprint density at radius 2 is 1.78 bits per heavy atom. The lowest BCUT2D eigenvalue weighted by Crippen LogP contribution is -2.23. The number of para-hydroxylation sites is 1. The Hall–Kier alpha value is -2.65. The summed E-state index contributed by atoms with van der Waals surface area (Å²) in [7, 11) is 0. The highest BCUT2D eigenvalue weighted by molar-refractivity contribution is 9.10. The molecule has 6 heteroatoms. The molecule has 0 aromatic heterocycles. The lowest BCUT2D eigenvalue weighted by atomic mass is 10.1. The summed E-state index contributed by atoms with van der Waals surface area (Å²) in [5.74, 6) is -0.574. The number of amides is 2. The number of nitrogens with zero attached hydrogens (tertiary/aromatic N) is 1. The van der Waals surface area contributed by atoms with Crippen molar-refractivity contribution < 1.29 is 9.59 Å². The molecule has 0 fully saturated rings. The van der Waals surface area contributed by atoms with Gasteiger partial charge in [0.05, 0.1) is 6.07 Å². The maximum absolute atomic E-state index is 12.1. The highest BCUT2D eigenvalue weighted by Gasteiger charge is 2.09. The van der Waals surface area contributed by atoms with Crippen LogP contribution >= 0.6 is 15.9 Å². The molecule has 23 heavy (non-hydrogen) atoms. The first kappa shape index (κ1) is 16.7. The minimum atomic E-state index is -0.376. The van der Waals surface area contributed by atoms with Crippen LogP contribution in [0.15, 0.2) is 53.0 Å². The van der Waals surface area contributed by atoms with Crippen LogP contribution in [-0.2, 0) is 11.3 Å². The molecule has 2 N–H and O–H groups in total. The van der Waals surface area contributed by atoms with Crippen molar-refractivity contribution in [1.82, 2.24) is 5.32 Å². The SMILES string of the molecule is N#CCC(=O)Nc1ccccc1CNC(=O)c1ccc(Br)cc1. The molecule has 2 aromatic rings. The van der Waals surface area contributed by atoms with Gasteiger partial charge in [-0.2, -0.15) is 5.26 Å². The van der Waals surface area contributed by atoms with E-state index < -0.39 is 0 Å². The highest BCUT2D eigenvalue weighted by atomic mass is 79.9. The number of anilines is 1. The van der Waals surface area contributed by atoms with Gasteiger partial charge in [-0.25, -0.2) is 0 Å². The zero-order valence-corrected chi connectivity index (χ0v) is 13.8. The molecule has 0 bridgehead atoms. The summed E-state index contributed by atoms with van der Waals surface area (Å²) in [5.41, 5.74) is 1.91. The van der Waals surface area contributed by atoms with E-state index in [0.717, 1.165) is 10.0 Å². The Balaban J connectivity index is 2.03. The molecule has 0 saturated carbocycles. The van der Waals surface area contributed by atoms with Gasteiger partial charge < -0.3 is 10.6 Å². The first-order chi connectivity index (χ1) is 11.1. The van der Waals surface area contributed by atoms with Gasteiger partial charge in [0.25, 0.3) is 5.91 Å². The van der Waals surface area contributed by atoms with Gasteiger partial charge in [0.1, 0.15) is 6.42 Å². The van der Waals surface area contributed by atoms with Crippen molar-refractivity contribution >= 4 is 33.4 Å². The van der Waals surface area contributed by atoms with E-state index in [9.17, 15) is 9.59 Å². The Bertz CT molecular complexity index is 751. The summed E-state index contributed by atoms with van der Waals surface area (Å²) < 4.78 is 0.902. The fraction of sp³-hybridized carbons (Fsp3) is 0.118. The van der Waals surface area contributed by atoms with Crippen LogP contribution < -0.4 is 10.6 Å². The highest BCUT2D eigenvalue weighted by Crippen LogP contribution is 2.16. The molecule has 0 aliphatic rings. The number of hydrogen-bond acceptors (Lipinski definition) is 3. The van der Waals surface area contributed by atoms with Gasteiger partial charge in [-0.3, -0.25) is 9.59 Å². The molecular weight excluding hydrogens is 358 g/mol. The summed E-state index contributed by atoms with van der Waals surface area (Å²) in [6, 6.07) is 16.0. The maximum atomic E-state index is 12.1. The van der Waals surface area contributed by atoms with Crippen LogP contribution in [0.5, 0.6) is 0 Å². The third kappa shape index (κ3) is 4.94. The first-order valence-corrected chi connectivity index (χ1v) is 7.68. The minimum Gasteiger partial charge on any atom is -0.348 e. The summed E-state index contributed by atoms with van der Waals surface area (Å²) in [6.07, 6.45) is -0.209. The van der Waals surface area contributed by atoms with Crippen LogP contribution in [0.25, 0.3) is 0 Å². The van der Waals surface area contributed by atoms with Gasteiger partial charge in [-0.1, -0.05) is 34.1 Å². The van der Waals surface area contributed by atoms with Gasteiger partial charge in [0, 0.05) is 22.3 Å². The molecule has 0 saturated heterocycles. The van der Waals surface area contributed by atoms with Crippen molar-refractivity contribution in [3.05, 3.63) is 64.1 Å². The van der Waals surface area contributed by atoms with E-state index in [2.05, 4.69) is 26.6 Å². The Morgan fingerprint density at radius 3 is 2.48 bits per heavy atom. The van der Waals surface area contributed by atoms with Crippen LogP contribution in [0.4, 0.5) is 5.69 Å². The average molecular weight is 372 g/mol. The fourth-order valence-corrected chi connectivity index (χ4v) is 2.21. The smallest absolute Gasteiger partial charge is 0.251 e. The van der Waals surface area contributed by atoms with Gasteiger partial charge >= 0.3 is 0 Å². The van der Waals surface area contributed by atoms with Crippen molar-refractivity contribution in [2.75, 3.05) is 5.32 Å². The summed E-state index contributed by atoms with van der Waals surface area (Å²) in [6.45, 7) is 0.276. The molecule has 5 nitrogen and oxygen atoms in total. The number of benzene rings is 2. The molecule has 0 atom stereocenters. The van der Waals surface area contributed by atoms with Crippen LogP contribution in [0.1, 0.15) is 22.3 Å². The zero-order chi connectivity index (χ0) is 16.7. The molecule has 2 rings (SSSR count). The lowest BCUT2D eigenvalue weighted by molar-refractivity contribution is -0.115. The van der Waals surface area contributed by atoms with Crippen LogP contribution in [-0.4, -0.2) is 11.8 Å². The predicted octanol–water partition coefficient (Wildman–Crippen LogP) is 3.23. The van der Waals surface area contributed by atoms with E-state index in [-0.39, 0.29) is 24.8 Å². The largest absolute Gasteiger partial charge is 0.348 e. The molecule has 0 radical (unpaired) electrons. The number of carbonyl (C=O) groups is 2. The minimum absolute atomic E-state index is 0.198. The fourth-order valence-electron chi connectivity index (χ4n) is 1.94. The summed E-state index contributed by atoms with van der Waals surface area (Å²) in [5, 5.41) is 14.0. The summed E-state index contributed by atoms with van der Waals surface area (Å²) in [4.78, 5) is 23.6. The van der Waals surface area contributed by atoms with Crippen molar-refractivity contribution in [3.8, 4) is 6.07 Å². The third-order valence-electron chi connectivity index (χ3n) is 3.08. The van der Waals surface area contributed by atoms with Gasteiger partial charge in [0.2, 0.25) is 5.91 Å². The van der Waals surface area contributed by atoms with Crippen molar-refractivity contribution in [3.63, 3.8) is 0 Å². The van der Waals surface area contributed by atoms with E-state index in [4.69, 9.17) is 5.26 Å². The number of hydrogen-bond donors (Lipinski definition) is 2. The van der Waals surface area contributed by atoms with Crippen LogP contribution in [0.2, 0.25) is 0 Å². The molecule has 0 spiro atoms. The average Bonchev–Trinajstić information content (AvgIpc) is 2.54. The van der Waals surface area contributed by atoms with E-state index >= 15 is 0 Å². The maximum Gasteiger partial charge on any atom is 0.251 e. The first-order valence-electron chi connectivity index (χ1n) is 6.88. The second-order valence-corrected chi connectivity index (χ2v) is 5.65. The predicted molar refractivity (Wildman–Crippen MR) is 90.6 cm³/mol. The molecular formula is C17H14BrN3O2. The number of rotatable bonds is 5. The molecule has 0 aliphatic heterocycles. The molecule has 2 aromatic carbocycles. The number of carbonyl (C=O) groups excluding carboxylic acids is 2. The van der Waals surface area contributed by atoms with E-state index in [0.29, 0.717) is 11.3 Å². The second-order valence-electron chi connectivity index (χ2n) is 4.73. The number of nitrogens with one attached hydrogen (secondary N) is 2.